The molecule has 10 heteroatoms. The van der Waals surface area contributed by atoms with Gasteiger partial charge in [0.2, 0.25) is 29.5 Å². The van der Waals surface area contributed by atoms with Crippen LogP contribution < -0.4 is 19.7 Å². The van der Waals surface area contributed by atoms with Crippen LogP contribution in [-0.2, 0) is 27.2 Å². The van der Waals surface area contributed by atoms with Crippen molar-refractivity contribution in [3.63, 3.8) is 0 Å². The fraction of sp³-hybridized carbons (Fsp3) is 0.531. The Hall–Kier alpha value is -3.63. The number of amides is 1. The van der Waals surface area contributed by atoms with Crippen LogP contribution in [0.5, 0.6) is 11.8 Å². The minimum absolute atomic E-state index is 0.206. The van der Waals surface area contributed by atoms with Gasteiger partial charge in [0.15, 0.2) is 5.69 Å². The van der Waals surface area contributed by atoms with Crippen LogP contribution in [0, 0.1) is 6.92 Å². The van der Waals surface area contributed by atoms with Crippen molar-refractivity contribution in [1.82, 2.24) is 14.9 Å². The molecule has 0 unspecified atom stereocenters. The number of aryl methyl sites for hydroxylation is 1. The molecule has 2 aromatic heterocycles. The molecule has 0 spiro atoms. The number of likely N-dealkylation sites (tertiary alicyclic amines) is 1. The van der Waals surface area contributed by atoms with Crippen molar-refractivity contribution >= 4 is 23.4 Å². The second-order valence-electron chi connectivity index (χ2n) is 12.1. The van der Waals surface area contributed by atoms with Gasteiger partial charge in [0, 0.05) is 32.5 Å². The van der Waals surface area contributed by atoms with E-state index in [0.717, 1.165) is 30.8 Å². The molecule has 42 heavy (non-hydrogen) atoms. The Balaban J connectivity index is 1.41. The van der Waals surface area contributed by atoms with E-state index in [4.69, 9.17) is 18.6 Å². The number of carbonyl (C=O) groups excluding carboxylic acids is 1. The zero-order valence-electron chi connectivity index (χ0n) is 26.1. The minimum atomic E-state index is -0.386. The summed E-state index contributed by atoms with van der Waals surface area (Å²) in [5, 5.41) is 3.26. The number of nitrogens with zero attached hydrogens (tertiary/aromatic N) is 4. The lowest BCUT2D eigenvalue weighted by atomic mass is 9.86. The Bertz CT molecular complexity index is 1430. The first-order chi connectivity index (χ1) is 19.9. The van der Waals surface area contributed by atoms with E-state index < -0.39 is 0 Å². The Kier molecular flexibility index (Phi) is 8.22. The number of ether oxygens (including phenoxy) is 3. The maximum Gasteiger partial charge on any atom is 0.247 e. The monoisotopic (exact) mass is 577 g/mol. The Labute approximate surface area is 248 Å². The van der Waals surface area contributed by atoms with E-state index in [1.54, 1.807) is 6.07 Å². The fourth-order valence-corrected chi connectivity index (χ4v) is 6.18. The lowest BCUT2D eigenvalue weighted by molar-refractivity contribution is -0.116. The lowest BCUT2D eigenvalue weighted by Crippen LogP contribution is -2.27. The summed E-state index contributed by atoms with van der Waals surface area (Å²) in [4.78, 5) is 25.9. The van der Waals surface area contributed by atoms with E-state index in [2.05, 4.69) is 66.9 Å². The molecule has 0 atom stereocenters. The Morgan fingerprint density at radius 3 is 2.24 bits per heavy atom. The van der Waals surface area contributed by atoms with E-state index in [0.29, 0.717) is 30.6 Å². The predicted molar refractivity (Wildman–Crippen MR) is 162 cm³/mol. The van der Waals surface area contributed by atoms with Crippen molar-refractivity contribution < 1.29 is 23.4 Å². The number of benzene rings is 1. The summed E-state index contributed by atoms with van der Waals surface area (Å²) in [5.41, 5.74) is 4.25. The number of anilines is 3. The molecule has 0 saturated carbocycles. The van der Waals surface area contributed by atoms with Crippen LogP contribution in [0.25, 0.3) is 0 Å². The van der Waals surface area contributed by atoms with Gasteiger partial charge < -0.3 is 28.8 Å². The molecular weight excluding hydrogens is 534 g/mol. The van der Waals surface area contributed by atoms with Gasteiger partial charge in [-0.2, -0.15) is 9.97 Å². The smallest absolute Gasteiger partial charge is 0.247 e. The zero-order chi connectivity index (χ0) is 30.2. The topological polar surface area (TPSA) is 102 Å². The number of aromatic nitrogens is 2. The van der Waals surface area contributed by atoms with Crippen molar-refractivity contribution in [2.45, 2.75) is 72.0 Å². The molecule has 5 rings (SSSR count). The average molecular weight is 578 g/mol. The molecular formula is C32H43N5O5. The summed E-state index contributed by atoms with van der Waals surface area (Å²) >= 11 is 0. The van der Waals surface area contributed by atoms with Crippen LogP contribution >= 0.6 is 0 Å². The molecule has 1 amide bonds. The number of nitrogens with one attached hydrogen (secondary N) is 1. The van der Waals surface area contributed by atoms with E-state index in [-0.39, 0.29) is 34.6 Å². The van der Waals surface area contributed by atoms with E-state index in [1.165, 1.54) is 50.0 Å². The molecule has 3 aromatic rings. The molecule has 10 nitrogen and oxygen atoms in total. The molecule has 0 aliphatic carbocycles. The van der Waals surface area contributed by atoms with Crippen molar-refractivity contribution in [3.05, 3.63) is 52.3 Å². The van der Waals surface area contributed by atoms with Gasteiger partial charge in [-0.1, -0.05) is 12.1 Å². The molecule has 1 fully saturated rings. The van der Waals surface area contributed by atoms with Gasteiger partial charge >= 0.3 is 0 Å². The lowest BCUT2D eigenvalue weighted by Gasteiger charge is -2.24. The molecule has 1 N–H and O–H groups in total. The van der Waals surface area contributed by atoms with Gasteiger partial charge in [-0.05, 0) is 88.9 Å². The van der Waals surface area contributed by atoms with Crippen molar-refractivity contribution in [2.75, 3.05) is 50.6 Å². The average Bonchev–Trinajstić information content (AvgIpc) is 3.65. The second kappa shape index (κ2) is 11.6. The molecule has 0 radical (unpaired) electrons. The molecule has 0 bridgehead atoms. The van der Waals surface area contributed by atoms with E-state index >= 15 is 0 Å². The van der Waals surface area contributed by atoms with Crippen LogP contribution in [0.2, 0.25) is 0 Å². The van der Waals surface area contributed by atoms with Crippen molar-refractivity contribution in [3.8, 4) is 11.8 Å². The maximum absolute atomic E-state index is 13.0. The van der Waals surface area contributed by atoms with Crippen LogP contribution in [0.3, 0.4) is 0 Å². The van der Waals surface area contributed by atoms with Crippen molar-refractivity contribution in [2.24, 2.45) is 0 Å². The highest BCUT2D eigenvalue weighted by Crippen LogP contribution is 2.48. The van der Waals surface area contributed by atoms with Gasteiger partial charge in [-0.15, -0.1) is 0 Å². The number of hydrogen-bond donors (Lipinski definition) is 1. The summed E-state index contributed by atoms with van der Waals surface area (Å²) in [6.45, 7) is 15.8. The highest BCUT2D eigenvalue weighted by atomic mass is 16.5. The quantitative estimate of drug-likeness (QED) is 0.326. The first-order valence-electron chi connectivity index (χ1n) is 14.6. The number of rotatable bonds is 10. The zero-order valence-corrected chi connectivity index (χ0v) is 26.1. The van der Waals surface area contributed by atoms with Crippen LogP contribution in [-0.4, -0.2) is 61.2 Å². The third kappa shape index (κ3) is 5.83. The van der Waals surface area contributed by atoms with Gasteiger partial charge in [-0.25, -0.2) is 4.90 Å². The van der Waals surface area contributed by atoms with Crippen molar-refractivity contribution in [1.29, 1.82) is 0 Å². The third-order valence-corrected chi connectivity index (χ3v) is 8.17. The normalized spacial score (nSPS) is 17.2. The number of furan rings is 1. The summed E-state index contributed by atoms with van der Waals surface area (Å²) < 4.78 is 23.9. The second-order valence-corrected chi connectivity index (χ2v) is 12.1. The SMILES string of the molecule is COc1nc(NCCN2CCCC2)nc(OC)c1N(C(C)=O)c1ccc(Cc2cc3c(cc2C)C(C)(C)OC3(C)C)o1. The molecule has 226 valence electrons. The van der Waals surface area contributed by atoms with Crippen LogP contribution in [0.15, 0.2) is 28.7 Å². The highest BCUT2D eigenvalue weighted by molar-refractivity contribution is 6.00. The van der Waals surface area contributed by atoms with Crippen LogP contribution in [0.1, 0.15) is 75.5 Å². The molecule has 1 saturated heterocycles. The van der Waals surface area contributed by atoms with Gasteiger partial charge in [0.25, 0.3) is 0 Å². The molecule has 2 aliphatic rings. The Morgan fingerprint density at radius 2 is 1.64 bits per heavy atom. The standard InChI is InChI=1S/C32H43N5O5/c1-20-17-24-25(32(5,6)42-31(24,3)4)19-22(20)18-23-11-12-26(41-23)37(21(2)38)27-28(39-7)34-30(35-29(27)40-8)33-13-16-36-14-9-10-15-36/h11-12,17,19H,9-10,13-16,18H2,1-8H3,(H,33,34,35). The largest absolute Gasteiger partial charge is 0.479 e. The van der Waals surface area contributed by atoms with Gasteiger partial charge in [-0.3, -0.25) is 4.79 Å². The number of fused-ring (bicyclic) bond motifs is 1. The van der Waals surface area contributed by atoms with E-state index in [9.17, 15) is 4.79 Å². The molecule has 2 aliphatic heterocycles. The number of carbonyl (C=O) groups is 1. The number of hydrogen-bond acceptors (Lipinski definition) is 9. The first kappa shape index (κ1) is 29.8. The molecule has 1 aromatic carbocycles. The van der Waals surface area contributed by atoms with Gasteiger partial charge in [0.1, 0.15) is 5.76 Å². The summed E-state index contributed by atoms with van der Waals surface area (Å²) in [6.07, 6.45) is 3.03. The Morgan fingerprint density at radius 1 is 1.02 bits per heavy atom. The van der Waals surface area contributed by atoms with Gasteiger partial charge in [0.05, 0.1) is 25.4 Å². The fourth-order valence-electron chi connectivity index (χ4n) is 6.18. The minimum Gasteiger partial charge on any atom is -0.479 e. The highest BCUT2D eigenvalue weighted by Gasteiger charge is 2.43. The maximum atomic E-state index is 13.0. The first-order valence-corrected chi connectivity index (χ1v) is 14.6. The summed E-state index contributed by atoms with van der Waals surface area (Å²) in [6, 6.07) is 8.10. The number of methoxy groups -OCH3 is 2. The summed E-state index contributed by atoms with van der Waals surface area (Å²) in [7, 11) is 3.02. The van der Waals surface area contributed by atoms with E-state index in [1.807, 2.05) is 6.07 Å². The predicted octanol–water partition coefficient (Wildman–Crippen LogP) is 5.68. The third-order valence-electron chi connectivity index (χ3n) is 8.17. The summed E-state index contributed by atoms with van der Waals surface area (Å²) in [5.74, 6) is 1.54. The van der Waals surface area contributed by atoms with Crippen LogP contribution in [0.4, 0.5) is 17.5 Å². The molecule has 4 heterocycles.